The molecule has 1 amide bonds. The van der Waals surface area contributed by atoms with E-state index < -0.39 is 10.0 Å². The first-order valence-corrected chi connectivity index (χ1v) is 11.3. The normalized spacial score (nSPS) is 13.2. The molecular weight excluding hydrogens is 420 g/mol. The van der Waals surface area contributed by atoms with Crippen LogP contribution < -0.4 is 14.8 Å². The maximum Gasteiger partial charge on any atom is 0.242 e. The van der Waals surface area contributed by atoms with E-state index in [9.17, 15) is 13.2 Å². The molecule has 0 atom stereocenters. The number of fused-ring (bicyclic) bond motifs is 2. The van der Waals surface area contributed by atoms with Crippen LogP contribution in [0, 0.1) is 0 Å². The summed E-state index contributed by atoms with van der Waals surface area (Å²) in [5.74, 6) is 1.85. The highest BCUT2D eigenvalue weighted by molar-refractivity contribution is 7.89. The zero-order valence-corrected chi connectivity index (χ0v) is 18.4. The molecule has 1 aromatic heterocycles. The topological polar surface area (TPSA) is 103 Å². The number of hydrogen-bond donors (Lipinski definition) is 1. The Hall–Kier alpha value is -3.11. The summed E-state index contributed by atoms with van der Waals surface area (Å²) < 4.78 is 38.6. The number of rotatable bonds is 7. The fourth-order valence-corrected chi connectivity index (χ4v) is 4.42. The number of nitrogens with zero attached hydrogens (tertiary/aromatic N) is 3. The minimum atomic E-state index is -3.54. The number of aromatic nitrogens is 2. The van der Waals surface area contributed by atoms with Crippen LogP contribution in [0.5, 0.6) is 11.5 Å². The highest BCUT2D eigenvalue weighted by Crippen LogP contribution is 2.34. The lowest BCUT2D eigenvalue weighted by Gasteiger charge is -2.11. The molecule has 1 aliphatic heterocycles. The minimum absolute atomic E-state index is 0.149. The largest absolute Gasteiger partial charge is 0.454 e. The van der Waals surface area contributed by atoms with Gasteiger partial charge in [-0.05, 0) is 37.3 Å². The third kappa shape index (κ3) is 4.08. The van der Waals surface area contributed by atoms with Crippen LogP contribution in [0.3, 0.4) is 0 Å². The summed E-state index contributed by atoms with van der Waals surface area (Å²) in [5, 5.41) is 2.86. The quantitative estimate of drug-likeness (QED) is 0.601. The molecule has 164 valence electrons. The zero-order chi connectivity index (χ0) is 22.2. The number of nitrogens with one attached hydrogen (secondary N) is 1. The Morgan fingerprint density at radius 1 is 1.16 bits per heavy atom. The molecule has 2 aromatic carbocycles. The Morgan fingerprint density at radius 2 is 1.94 bits per heavy atom. The lowest BCUT2D eigenvalue weighted by atomic mass is 10.2. The van der Waals surface area contributed by atoms with Gasteiger partial charge < -0.3 is 19.4 Å². The fourth-order valence-electron chi connectivity index (χ4n) is 3.50. The van der Waals surface area contributed by atoms with Crippen molar-refractivity contribution in [2.45, 2.75) is 31.2 Å². The summed E-state index contributed by atoms with van der Waals surface area (Å²) in [4.78, 5) is 17.3. The van der Waals surface area contributed by atoms with Crippen molar-refractivity contribution in [3.05, 3.63) is 42.2 Å². The Morgan fingerprint density at radius 3 is 2.68 bits per heavy atom. The van der Waals surface area contributed by atoms with E-state index in [1.807, 2.05) is 11.5 Å². The number of carbonyl (C=O) groups is 1. The molecule has 1 aliphatic rings. The maximum absolute atomic E-state index is 12.5. The van der Waals surface area contributed by atoms with Crippen LogP contribution in [0.1, 0.15) is 19.2 Å². The predicted molar refractivity (Wildman–Crippen MR) is 116 cm³/mol. The maximum atomic E-state index is 12.5. The molecule has 0 fully saturated rings. The van der Waals surface area contributed by atoms with Gasteiger partial charge in [-0.15, -0.1) is 0 Å². The zero-order valence-electron chi connectivity index (χ0n) is 17.6. The Kier molecular flexibility index (Phi) is 5.59. The number of ether oxygens (including phenoxy) is 2. The Balaban J connectivity index is 1.50. The molecule has 2 heterocycles. The van der Waals surface area contributed by atoms with Gasteiger partial charge in [-0.25, -0.2) is 17.7 Å². The van der Waals surface area contributed by atoms with E-state index in [1.54, 1.807) is 36.4 Å². The van der Waals surface area contributed by atoms with Crippen molar-refractivity contribution in [1.29, 1.82) is 0 Å². The number of imidazole rings is 1. The third-order valence-corrected chi connectivity index (χ3v) is 6.94. The number of hydrogen-bond acceptors (Lipinski definition) is 6. The van der Waals surface area contributed by atoms with E-state index >= 15 is 0 Å². The summed E-state index contributed by atoms with van der Waals surface area (Å²) >= 11 is 0. The Labute approximate surface area is 180 Å². The minimum Gasteiger partial charge on any atom is -0.454 e. The van der Waals surface area contributed by atoms with Crippen LogP contribution in [0.2, 0.25) is 0 Å². The second-order valence-electron chi connectivity index (χ2n) is 7.33. The highest BCUT2D eigenvalue weighted by atomic mass is 32.2. The van der Waals surface area contributed by atoms with E-state index in [0.717, 1.165) is 11.3 Å². The first kappa shape index (κ1) is 21.1. The van der Waals surface area contributed by atoms with Crippen molar-refractivity contribution in [3.63, 3.8) is 0 Å². The van der Waals surface area contributed by atoms with Crippen LogP contribution in [0.4, 0.5) is 5.69 Å². The molecule has 0 bridgehead atoms. The van der Waals surface area contributed by atoms with E-state index in [1.165, 1.54) is 18.4 Å². The van der Waals surface area contributed by atoms with Crippen molar-refractivity contribution in [2.75, 3.05) is 26.2 Å². The second kappa shape index (κ2) is 8.20. The van der Waals surface area contributed by atoms with E-state index in [0.29, 0.717) is 35.7 Å². The molecule has 31 heavy (non-hydrogen) atoms. The fraction of sp³-hybridized carbons (Fsp3) is 0.333. The van der Waals surface area contributed by atoms with Gasteiger partial charge in [0.15, 0.2) is 11.5 Å². The van der Waals surface area contributed by atoms with E-state index in [4.69, 9.17) is 9.47 Å². The average Bonchev–Trinajstić information content (AvgIpc) is 3.34. The van der Waals surface area contributed by atoms with Crippen LogP contribution in [-0.4, -0.2) is 49.1 Å². The van der Waals surface area contributed by atoms with Crippen molar-refractivity contribution >= 4 is 32.7 Å². The van der Waals surface area contributed by atoms with Crippen LogP contribution in [-0.2, 0) is 27.8 Å². The second-order valence-corrected chi connectivity index (χ2v) is 9.48. The number of carbonyl (C=O) groups excluding carboxylic acids is 1. The number of anilines is 1. The Bertz CT molecular complexity index is 1250. The summed E-state index contributed by atoms with van der Waals surface area (Å²) in [7, 11) is -0.554. The predicted octanol–water partition coefficient (Wildman–Crippen LogP) is 2.61. The van der Waals surface area contributed by atoms with Gasteiger partial charge in [-0.2, -0.15) is 0 Å². The molecule has 0 aliphatic carbocycles. The van der Waals surface area contributed by atoms with Crippen LogP contribution in [0.25, 0.3) is 11.0 Å². The molecule has 0 radical (unpaired) electrons. The van der Waals surface area contributed by atoms with Crippen LogP contribution >= 0.6 is 0 Å². The monoisotopic (exact) mass is 444 g/mol. The lowest BCUT2D eigenvalue weighted by Crippen LogP contribution is -2.22. The average molecular weight is 445 g/mol. The first-order chi connectivity index (χ1) is 14.8. The number of sulfonamides is 1. The molecular formula is C21H24N4O5S. The van der Waals surface area contributed by atoms with Crippen molar-refractivity contribution in [3.8, 4) is 11.5 Å². The standard InChI is InChI=1S/C21H24N4O5S/c1-4-25-17-7-6-15(31(27,28)24(2)3)12-16(17)23-20(25)9-10-21(26)22-14-5-8-18-19(11-14)30-13-29-18/h5-8,11-12H,4,9-10,13H2,1-3H3,(H,22,26). The summed E-state index contributed by atoms with van der Waals surface area (Å²) in [6, 6.07) is 10.2. The lowest BCUT2D eigenvalue weighted by molar-refractivity contribution is -0.116. The van der Waals surface area contributed by atoms with E-state index in [2.05, 4.69) is 10.3 Å². The van der Waals surface area contributed by atoms with Gasteiger partial charge in [0.05, 0.1) is 15.9 Å². The molecule has 0 saturated heterocycles. The molecule has 3 aromatic rings. The van der Waals surface area contributed by atoms with Gasteiger partial charge in [-0.1, -0.05) is 0 Å². The molecule has 1 N–H and O–H groups in total. The van der Waals surface area contributed by atoms with Gasteiger partial charge in [-0.3, -0.25) is 4.79 Å². The van der Waals surface area contributed by atoms with Crippen molar-refractivity contribution in [1.82, 2.24) is 13.9 Å². The molecule has 0 spiro atoms. The summed E-state index contributed by atoms with van der Waals surface area (Å²) in [6.45, 7) is 2.83. The SMILES string of the molecule is CCn1c(CCC(=O)Nc2ccc3c(c2)OCO3)nc2cc(S(=O)(=O)N(C)C)ccc21. The van der Waals surface area contributed by atoms with Crippen molar-refractivity contribution < 1.29 is 22.7 Å². The molecule has 0 unspecified atom stereocenters. The van der Waals surface area contributed by atoms with E-state index in [-0.39, 0.29) is 24.0 Å². The summed E-state index contributed by atoms with van der Waals surface area (Å²) in [6.07, 6.45) is 0.662. The number of amides is 1. The van der Waals surface area contributed by atoms with Gasteiger partial charge in [0.2, 0.25) is 22.7 Å². The number of aryl methyl sites for hydroxylation is 2. The molecule has 10 heteroatoms. The van der Waals surface area contributed by atoms with Gasteiger partial charge in [0, 0.05) is 45.2 Å². The van der Waals surface area contributed by atoms with Crippen LogP contribution in [0.15, 0.2) is 41.3 Å². The highest BCUT2D eigenvalue weighted by Gasteiger charge is 2.20. The number of benzene rings is 2. The van der Waals surface area contributed by atoms with Gasteiger partial charge >= 0.3 is 0 Å². The molecule has 9 nitrogen and oxygen atoms in total. The smallest absolute Gasteiger partial charge is 0.242 e. The molecule has 0 saturated carbocycles. The van der Waals surface area contributed by atoms with Gasteiger partial charge in [0.25, 0.3) is 0 Å². The first-order valence-electron chi connectivity index (χ1n) is 9.91. The van der Waals surface area contributed by atoms with Crippen molar-refractivity contribution in [2.24, 2.45) is 0 Å². The molecule has 4 rings (SSSR count). The van der Waals surface area contributed by atoms with Gasteiger partial charge in [0.1, 0.15) is 5.82 Å². The summed E-state index contributed by atoms with van der Waals surface area (Å²) in [5.41, 5.74) is 2.07. The third-order valence-electron chi connectivity index (χ3n) is 5.13.